The van der Waals surface area contributed by atoms with Crippen LogP contribution >= 0.6 is 15.9 Å². The fourth-order valence-corrected chi connectivity index (χ4v) is 6.93. The average molecular weight is 694 g/mol. The summed E-state index contributed by atoms with van der Waals surface area (Å²) in [5.74, 6) is -8.74. The molecule has 0 spiro atoms. The highest BCUT2D eigenvalue weighted by Gasteiger charge is 2.63. The van der Waals surface area contributed by atoms with Crippen LogP contribution in [0.25, 0.3) is 0 Å². The molecule has 0 radical (unpaired) electrons. The number of nitrogens with zero attached hydrogens (tertiary/aromatic N) is 1. The zero-order chi connectivity index (χ0) is 33.3. The van der Waals surface area contributed by atoms with E-state index in [-0.39, 0.29) is 35.2 Å². The lowest BCUT2D eigenvalue weighted by Gasteiger charge is -2.50. The molecule has 238 valence electrons. The Hall–Kier alpha value is -4.21. The van der Waals surface area contributed by atoms with E-state index in [2.05, 4.69) is 21.2 Å². The first-order valence-corrected chi connectivity index (χ1v) is 14.4. The van der Waals surface area contributed by atoms with Crippen LogP contribution in [0.1, 0.15) is 38.3 Å². The predicted octanol–water partition coefficient (Wildman–Crippen LogP) is 3.21. The minimum absolute atomic E-state index is 0.0585. The molecule has 0 fully saturated rings. The van der Waals surface area contributed by atoms with Crippen LogP contribution in [0, 0.1) is 11.8 Å². The lowest BCUT2D eigenvalue weighted by molar-refractivity contribution is -0.148. The number of anilines is 1. The van der Waals surface area contributed by atoms with Gasteiger partial charge in [-0.1, -0.05) is 34.1 Å². The summed E-state index contributed by atoms with van der Waals surface area (Å²) in [5, 5.41) is 47.4. The second-order valence-electron chi connectivity index (χ2n) is 11.4. The highest BCUT2D eigenvalue weighted by molar-refractivity contribution is 9.09. The van der Waals surface area contributed by atoms with Gasteiger partial charge in [0.25, 0.3) is 5.91 Å². The smallest absolute Gasteiger partial charge is 0.416 e. The van der Waals surface area contributed by atoms with Gasteiger partial charge >= 0.3 is 6.18 Å². The molecule has 0 heterocycles. The molecule has 3 aliphatic rings. The van der Waals surface area contributed by atoms with Crippen molar-refractivity contribution in [3.8, 4) is 5.75 Å². The number of alkyl halides is 4. The van der Waals surface area contributed by atoms with Gasteiger partial charge in [-0.3, -0.25) is 24.1 Å². The number of halogens is 4. The van der Waals surface area contributed by atoms with Crippen LogP contribution in [-0.4, -0.2) is 74.4 Å². The van der Waals surface area contributed by atoms with E-state index in [4.69, 9.17) is 5.73 Å². The van der Waals surface area contributed by atoms with Crippen molar-refractivity contribution in [3.63, 3.8) is 0 Å². The second-order valence-corrected chi connectivity index (χ2v) is 12.3. The van der Waals surface area contributed by atoms with E-state index in [1.807, 2.05) is 0 Å². The molecule has 3 aliphatic carbocycles. The summed E-state index contributed by atoms with van der Waals surface area (Å²) < 4.78 is 38.7. The Kier molecular flexibility index (Phi) is 7.87. The highest BCUT2D eigenvalue weighted by Crippen LogP contribution is 2.52. The van der Waals surface area contributed by atoms with Gasteiger partial charge in [-0.15, -0.1) is 0 Å². The number of aliphatic hydroxyl groups excluding tert-OH is 2. The van der Waals surface area contributed by atoms with Gasteiger partial charge in [0.2, 0.25) is 11.7 Å². The van der Waals surface area contributed by atoms with E-state index in [1.165, 1.54) is 31.1 Å². The summed E-state index contributed by atoms with van der Waals surface area (Å²) >= 11 is 3.13. The van der Waals surface area contributed by atoms with E-state index < -0.39 is 86.3 Å². The number of likely N-dealkylation sites (N-methyl/N-ethyl adjacent to an activating group) is 1. The van der Waals surface area contributed by atoms with Crippen molar-refractivity contribution >= 4 is 45.0 Å². The number of aliphatic hydroxyl groups is 3. The number of hydrogen-bond donors (Lipinski definition) is 6. The number of aromatic hydroxyl groups is 1. The monoisotopic (exact) mass is 693 g/mol. The molecule has 2 aromatic carbocycles. The Bertz CT molecular complexity index is 1720. The normalized spacial score (nSPS) is 25.5. The van der Waals surface area contributed by atoms with Crippen LogP contribution in [-0.2, 0) is 27.0 Å². The fourth-order valence-electron chi connectivity index (χ4n) is 6.51. The van der Waals surface area contributed by atoms with Crippen LogP contribution in [0.4, 0.5) is 18.9 Å². The number of carbonyl (C=O) groups excluding carboxylic acids is 4. The van der Waals surface area contributed by atoms with Crippen molar-refractivity contribution in [3.05, 3.63) is 81.3 Å². The van der Waals surface area contributed by atoms with Crippen molar-refractivity contribution in [1.82, 2.24) is 4.90 Å². The number of phenolic OH excluding ortho intramolecular Hbond substituents is 1. The lowest BCUT2D eigenvalue weighted by Crippen LogP contribution is -2.63. The Morgan fingerprint density at radius 2 is 1.71 bits per heavy atom. The summed E-state index contributed by atoms with van der Waals surface area (Å²) in [4.78, 5) is 52.6. The number of nitrogens with one attached hydrogen (secondary N) is 1. The Morgan fingerprint density at radius 1 is 1.09 bits per heavy atom. The van der Waals surface area contributed by atoms with Crippen LogP contribution in [0.5, 0.6) is 5.75 Å². The van der Waals surface area contributed by atoms with E-state index >= 15 is 0 Å². The largest absolute Gasteiger partial charge is 0.510 e. The standard InChI is InChI=1S/C30H27BrF3N3O8/c1-37(2)21-15-10-13-9-12-5-8-16(36-28(44)20(31)11-3-6-14(7-4-11)30(32,33)34)22(38)17(12)23(39)18(13)25(41)29(15,45)26(42)19(24(21)40)27(35)43/h3-8,13,15,20-21,38,40-41,45H,9-10H2,1-2H3,(H2,35,43)(H,36,44)/t13?,15?,20?,21-,29-/m0/s1. The van der Waals surface area contributed by atoms with Crippen molar-refractivity contribution in [1.29, 1.82) is 0 Å². The van der Waals surface area contributed by atoms with Gasteiger partial charge in [-0.2, -0.15) is 13.2 Å². The van der Waals surface area contributed by atoms with Crippen LogP contribution in [0.15, 0.2) is 59.1 Å². The van der Waals surface area contributed by atoms with E-state index in [0.717, 1.165) is 24.3 Å². The van der Waals surface area contributed by atoms with Crippen molar-refractivity contribution in [2.24, 2.45) is 17.6 Å². The molecule has 7 N–H and O–H groups in total. The lowest BCUT2D eigenvalue weighted by atomic mass is 9.58. The Balaban J connectivity index is 1.50. The quantitative estimate of drug-likeness (QED) is 0.155. The number of phenols is 1. The molecule has 15 heteroatoms. The first kappa shape index (κ1) is 32.2. The molecule has 2 amide bonds. The number of nitrogens with two attached hydrogens (primary N) is 1. The highest BCUT2D eigenvalue weighted by atomic mass is 79.9. The topological polar surface area (TPSA) is 190 Å². The van der Waals surface area contributed by atoms with Gasteiger partial charge in [0.05, 0.1) is 22.9 Å². The minimum atomic E-state index is -4.57. The maximum absolute atomic E-state index is 13.8. The molecule has 0 aliphatic heterocycles. The second kappa shape index (κ2) is 11.0. The van der Waals surface area contributed by atoms with Gasteiger partial charge in [0, 0.05) is 11.5 Å². The van der Waals surface area contributed by atoms with Gasteiger partial charge in [-0.25, -0.2) is 0 Å². The molecule has 45 heavy (non-hydrogen) atoms. The maximum atomic E-state index is 13.8. The minimum Gasteiger partial charge on any atom is -0.510 e. The number of fused-ring (bicyclic) bond motifs is 3. The van der Waals surface area contributed by atoms with Crippen molar-refractivity contribution in [2.75, 3.05) is 19.4 Å². The molecule has 2 aromatic rings. The number of primary amides is 1. The third-order valence-electron chi connectivity index (χ3n) is 8.61. The summed E-state index contributed by atoms with van der Waals surface area (Å²) in [6.07, 6.45) is -4.59. The number of rotatable bonds is 5. The first-order valence-electron chi connectivity index (χ1n) is 13.5. The average Bonchev–Trinajstić information content (AvgIpc) is 2.95. The van der Waals surface area contributed by atoms with Crippen LogP contribution in [0.2, 0.25) is 0 Å². The van der Waals surface area contributed by atoms with Gasteiger partial charge in [-0.05, 0) is 62.2 Å². The number of benzene rings is 2. The number of allylic oxidation sites excluding steroid dienone is 1. The van der Waals surface area contributed by atoms with Crippen LogP contribution in [0.3, 0.4) is 0 Å². The van der Waals surface area contributed by atoms with E-state index in [0.29, 0.717) is 5.56 Å². The number of Topliss-reactive ketones (excluding diaryl/α,β-unsaturated/α-hetero) is 2. The third-order valence-corrected chi connectivity index (χ3v) is 9.56. The maximum Gasteiger partial charge on any atom is 0.416 e. The van der Waals surface area contributed by atoms with Crippen molar-refractivity contribution < 1.29 is 52.8 Å². The summed E-state index contributed by atoms with van der Waals surface area (Å²) in [6.45, 7) is 0. The van der Waals surface area contributed by atoms with Gasteiger partial charge in [0.1, 0.15) is 21.9 Å². The van der Waals surface area contributed by atoms with Crippen molar-refractivity contribution in [2.45, 2.75) is 35.5 Å². The first-order chi connectivity index (χ1) is 20.9. The molecule has 0 saturated heterocycles. The number of ketones is 2. The van der Waals surface area contributed by atoms with E-state index in [9.17, 15) is 52.8 Å². The Morgan fingerprint density at radius 3 is 2.27 bits per heavy atom. The zero-order valence-electron chi connectivity index (χ0n) is 23.6. The molecule has 0 saturated carbocycles. The SMILES string of the molecule is CN(C)[C@@H]1C(O)=C(C(N)=O)C(=O)[C@@]2(O)C(O)=C3C(=O)c4c(ccc(NC(=O)C(Br)c5ccc(C(F)(F)F)cc5)c4O)CC3CC12. The van der Waals surface area contributed by atoms with Crippen LogP contribution < -0.4 is 11.1 Å². The number of amides is 2. The summed E-state index contributed by atoms with van der Waals surface area (Å²) in [6, 6.07) is 5.53. The number of hydrogen-bond acceptors (Lipinski definition) is 9. The molecule has 11 nitrogen and oxygen atoms in total. The Labute approximate surface area is 261 Å². The third kappa shape index (κ3) is 4.98. The molecular weight excluding hydrogens is 667 g/mol. The molecule has 0 aromatic heterocycles. The molecule has 5 atom stereocenters. The summed E-state index contributed by atoms with van der Waals surface area (Å²) in [5.41, 5.74) is 0.326. The molecule has 0 bridgehead atoms. The molecule has 3 unspecified atom stereocenters. The molecular formula is C30H27BrF3N3O8. The molecule has 5 rings (SSSR count). The zero-order valence-corrected chi connectivity index (χ0v) is 25.2. The van der Waals surface area contributed by atoms with E-state index in [1.54, 1.807) is 0 Å². The van der Waals surface area contributed by atoms with Gasteiger partial charge in [0.15, 0.2) is 17.1 Å². The number of carbonyl (C=O) groups is 4. The predicted molar refractivity (Wildman–Crippen MR) is 155 cm³/mol. The summed E-state index contributed by atoms with van der Waals surface area (Å²) in [7, 11) is 3.05. The fraction of sp³-hybridized carbons (Fsp3) is 0.333. The van der Waals surface area contributed by atoms with Gasteiger partial charge < -0.3 is 31.5 Å².